The highest BCUT2D eigenvalue weighted by molar-refractivity contribution is 6.17. The number of nitro groups is 1. The molecule has 0 spiro atoms. The molecule has 0 aliphatic carbocycles. The van der Waals surface area contributed by atoms with Gasteiger partial charge in [-0.25, -0.2) is 0 Å². The fourth-order valence-electron chi connectivity index (χ4n) is 2.42. The Hall–Kier alpha value is -3.55. The van der Waals surface area contributed by atoms with Crippen LogP contribution < -0.4 is 10.3 Å². The fourth-order valence-corrected chi connectivity index (χ4v) is 2.42. The number of carbonyl (C=O) groups excluding carboxylic acids is 2. The van der Waals surface area contributed by atoms with Crippen molar-refractivity contribution in [2.24, 2.45) is 5.10 Å². The van der Waals surface area contributed by atoms with Gasteiger partial charge in [-0.15, -0.1) is 0 Å². The third kappa shape index (κ3) is 3.37. The summed E-state index contributed by atoms with van der Waals surface area (Å²) in [6.45, 7) is 1.59. The van der Waals surface area contributed by atoms with E-state index >= 15 is 0 Å². The lowest BCUT2D eigenvalue weighted by Crippen LogP contribution is -2.29. The highest BCUT2D eigenvalue weighted by Gasteiger charge is 2.27. The SMILES string of the molecule is Cc1ccc(C(=O)NC2=NN(c3ccccc3)C(=O)C2)cc1[N+](=O)[O-]. The average molecular weight is 338 g/mol. The lowest BCUT2D eigenvalue weighted by Gasteiger charge is -2.10. The van der Waals surface area contributed by atoms with Gasteiger partial charge in [0.1, 0.15) is 5.84 Å². The summed E-state index contributed by atoms with van der Waals surface area (Å²) in [5, 5.41) is 18.8. The van der Waals surface area contributed by atoms with Crippen LogP contribution in [0.2, 0.25) is 0 Å². The quantitative estimate of drug-likeness (QED) is 0.685. The molecule has 3 rings (SSSR count). The van der Waals surface area contributed by atoms with E-state index in [2.05, 4.69) is 10.4 Å². The van der Waals surface area contributed by atoms with Crippen molar-refractivity contribution in [1.82, 2.24) is 5.32 Å². The Morgan fingerprint density at radius 1 is 1.24 bits per heavy atom. The number of nitrogens with one attached hydrogen (secondary N) is 1. The summed E-state index contributed by atoms with van der Waals surface area (Å²) in [5.74, 6) is -0.622. The van der Waals surface area contributed by atoms with E-state index in [0.717, 1.165) is 0 Å². The van der Waals surface area contributed by atoms with Gasteiger partial charge in [0.05, 0.1) is 17.0 Å². The predicted molar refractivity (Wildman–Crippen MR) is 91.3 cm³/mol. The van der Waals surface area contributed by atoms with Gasteiger partial charge >= 0.3 is 0 Å². The number of aryl methyl sites for hydroxylation is 1. The highest BCUT2D eigenvalue weighted by atomic mass is 16.6. The van der Waals surface area contributed by atoms with E-state index in [4.69, 9.17) is 0 Å². The van der Waals surface area contributed by atoms with Gasteiger partial charge in [0.15, 0.2) is 0 Å². The zero-order valence-corrected chi connectivity index (χ0v) is 13.3. The number of hydrogen-bond acceptors (Lipinski definition) is 5. The van der Waals surface area contributed by atoms with Crippen molar-refractivity contribution in [2.45, 2.75) is 13.3 Å². The second-order valence-electron chi connectivity index (χ2n) is 5.48. The predicted octanol–water partition coefficient (Wildman–Crippen LogP) is 2.38. The zero-order valence-electron chi connectivity index (χ0n) is 13.3. The molecule has 0 bridgehead atoms. The lowest BCUT2D eigenvalue weighted by molar-refractivity contribution is -0.385. The minimum absolute atomic E-state index is 0.0470. The summed E-state index contributed by atoms with van der Waals surface area (Å²) in [5.41, 5.74) is 1.06. The summed E-state index contributed by atoms with van der Waals surface area (Å²) in [7, 11) is 0. The summed E-state index contributed by atoms with van der Waals surface area (Å²) in [6, 6.07) is 13.0. The van der Waals surface area contributed by atoms with E-state index in [9.17, 15) is 19.7 Å². The number of hydrogen-bond donors (Lipinski definition) is 1. The van der Waals surface area contributed by atoms with Crippen LogP contribution in [-0.4, -0.2) is 22.6 Å². The average Bonchev–Trinajstić information content (AvgIpc) is 2.96. The Kier molecular flexibility index (Phi) is 4.25. The molecule has 1 aliphatic heterocycles. The molecular formula is C17H14N4O4. The number of benzene rings is 2. The van der Waals surface area contributed by atoms with Crippen LogP contribution in [0.3, 0.4) is 0 Å². The van der Waals surface area contributed by atoms with Crippen LogP contribution >= 0.6 is 0 Å². The number of para-hydroxylation sites is 1. The molecule has 25 heavy (non-hydrogen) atoms. The second-order valence-corrected chi connectivity index (χ2v) is 5.48. The minimum Gasteiger partial charge on any atom is -0.308 e. The molecule has 8 heteroatoms. The first-order valence-electron chi connectivity index (χ1n) is 7.47. The van der Waals surface area contributed by atoms with E-state index in [1.165, 1.54) is 23.2 Å². The highest BCUT2D eigenvalue weighted by Crippen LogP contribution is 2.21. The number of carbonyl (C=O) groups is 2. The van der Waals surface area contributed by atoms with Gasteiger partial charge in [0.2, 0.25) is 0 Å². The lowest BCUT2D eigenvalue weighted by atomic mass is 10.1. The molecule has 0 fully saturated rings. The molecule has 1 N–H and O–H groups in total. The summed E-state index contributed by atoms with van der Waals surface area (Å²) < 4.78 is 0. The topological polar surface area (TPSA) is 105 Å². The Labute approximate surface area is 142 Å². The van der Waals surface area contributed by atoms with Crippen LogP contribution in [0.4, 0.5) is 11.4 Å². The molecule has 1 heterocycles. The molecule has 0 saturated carbocycles. The summed E-state index contributed by atoms with van der Waals surface area (Å²) >= 11 is 0. The number of nitrogens with zero attached hydrogens (tertiary/aromatic N) is 3. The molecule has 2 aromatic rings. The molecule has 0 unspecified atom stereocenters. The molecule has 0 atom stereocenters. The Bertz CT molecular complexity index is 893. The maximum Gasteiger partial charge on any atom is 0.273 e. The van der Waals surface area contributed by atoms with Gasteiger partial charge < -0.3 is 5.32 Å². The van der Waals surface area contributed by atoms with E-state index in [-0.39, 0.29) is 29.4 Å². The van der Waals surface area contributed by atoms with Crippen molar-refractivity contribution < 1.29 is 14.5 Å². The van der Waals surface area contributed by atoms with Crippen LogP contribution in [0.1, 0.15) is 22.3 Å². The molecule has 2 aromatic carbocycles. The molecule has 1 aliphatic rings. The third-order valence-corrected chi connectivity index (χ3v) is 3.70. The van der Waals surface area contributed by atoms with Crippen molar-refractivity contribution in [3.8, 4) is 0 Å². The third-order valence-electron chi connectivity index (χ3n) is 3.70. The molecule has 126 valence electrons. The summed E-state index contributed by atoms with van der Waals surface area (Å²) in [6.07, 6.45) is -0.0470. The standard InChI is InChI=1S/C17H14N4O4/c1-11-7-8-12(9-14(11)21(24)25)17(23)18-15-10-16(22)20(19-15)13-5-3-2-4-6-13/h2-9H,10H2,1H3,(H,18,19,23). The van der Waals surface area contributed by atoms with Crippen LogP contribution in [0.15, 0.2) is 53.6 Å². The maximum atomic E-state index is 12.3. The molecule has 8 nitrogen and oxygen atoms in total. The van der Waals surface area contributed by atoms with Crippen LogP contribution in [0.5, 0.6) is 0 Å². The number of nitro benzene ring substituents is 1. The Morgan fingerprint density at radius 2 is 1.96 bits per heavy atom. The molecular weight excluding hydrogens is 324 g/mol. The minimum atomic E-state index is -0.551. The first-order valence-corrected chi connectivity index (χ1v) is 7.47. The summed E-state index contributed by atoms with van der Waals surface area (Å²) in [4.78, 5) is 34.8. The van der Waals surface area contributed by atoms with Gasteiger partial charge in [-0.1, -0.05) is 24.3 Å². The molecule has 0 radical (unpaired) electrons. The Morgan fingerprint density at radius 3 is 2.64 bits per heavy atom. The number of hydrazone groups is 1. The van der Waals surface area contributed by atoms with E-state index < -0.39 is 10.8 Å². The van der Waals surface area contributed by atoms with Gasteiger partial charge in [0.25, 0.3) is 17.5 Å². The van der Waals surface area contributed by atoms with Crippen molar-refractivity contribution in [3.63, 3.8) is 0 Å². The number of anilines is 1. The van der Waals surface area contributed by atoms with E-state index in [1.807, 2.05) is 6.07 Å². The van der Waals surface area contributed by atoms with Gasteiger partial charge in [-0.3, -0.25) is 19.7 Å². The van der Waals surface area contributed by atoms with Crippen molar-refractivity contribution in [1.29, 1.82) is 0 Å². The number of amides is 2. The smallest absolute Gasteiger partial charge is 0.273 e. The molecule has 0 saturated heterocycles. The van der Waals surface area contributed by atoms with Gasteiger partial charge in [-0.05, 0) is 25.1 Å². The van der Waals surface area contributed by atoms with Gasteiger partial charge in [0, 0.05) is 17.2 Å². The monoisotopic (exact) mass is 338 g/mol. The van der Waals surface area contributed by atoms with Crippen LogP contribution in [0, 0.1) is 17.0 Å². The fraction of sp³-hybridized carbons (Fsp3) is 0.118. The van der Waals surface area contributed by atoms with Crippen LogP contribution in [-0.2, 0) is 4.79 Å². The van der Waals surface area contributed by atoms with E-state index in [0.29, 0.717) is 11.3 Å². The maximum absolute atomic E-state index is 12.3. The molecule has 0 aromatic heterocycles. The zero-order chi connectivity index (χ0) is 18.0. The first-order chi connectivity index (χ1) is 12.0. The normalized spacial score (nSPS) is 13.6. The first kappa shape index (κ1) is 16.3. The largest absolute Gasteiger partial charge is 0.308 e. The van der Waals surface area contributed by atoms with Crippen molar-refractivity contribution in [3.05, 3.63) is 69.8 Å². The number of amidine groups is 1. The molecule has 2 amide bonds. The van der Waals surface area contributed by atoms with Gasteiger partial charge in [-0.2, -0.15) is 10.1 Å². The second kappa shape index (κ2) is 6.52. The van der Waals surface area contributed by atoms with Crippen molar-refractivity contribution >= 4 is 29.0 Å². The Balaban J connectivity index is 1.79. The van der Waals surface area contributed by atoms with Crippen molar-refractivity contribution in [2.75, 3.05) is 5.01 Å². The number of rotatable bonds is 3. The van der Waals surface area contributed by atoms with E-state index in [1.54, 1.807) is 31.2 Å². The van der Waals surface area contributed by atoms with Crippen LogP contribution in [0.25, 0.3) is 0 Å².